The minimum absolute atomic E-state index is 0.0780. The highest BCUT2D eigenvalue weighted by atomic mass is 32.1. The Labute approximate surface area is 178 Å². The first-order chi connectivity index (χ1) is 14.6. The molecule has 0 unspecified atom stereocenters. The summed E-state index contributed by atoms with van der Waals surface area (Å²) >= 11 is 1.39. The Kier molecular flexibility index (Phi) is 5.77. The lowest BCUT2D eigenvalue weighted by molar-refractivity contribution is -0.136. The van der Waals surface area contributed by atoms with Crippen LogP contribution in [0.1, 0.15) is 4.88 Å². The van der Waals surface area contributed by atoms with Gasteiger partial charge in [-0.2, -0.15) is 0 Å². The number of hydrogen-bond donors (Lipinski definition) is 1. The van der Waals surface area contributed by atoms with Crippen LogP contribution >= 0.6 is 11.3 Å². The number of carboxylic acids is 1. The number of carbonyl (C=O) groups is 1. The van der Waals surface area contributed by atoms with Gasteiger partial charge in [0.1, 0.15) is 22.3 Å². The molecule has 0 atom stereocenters. The molecule has 0 amide bonds. The molecule has 1 heterocycles. The summed E-state index contributed by atoms with van der Waals surface area (Å²) in [4.78, 5) is 16.8. The molecule has 0 saturated heterocycles. The molecular formula is C24H19NO4S. The monoisotopic (exact) mass is 417 g/mol. The van der Waals surface area contributed by atoms with Crippen LogP contribution in [-0.2, 0) is 11.2 Å². The van der Waals surface area contributed by atoms with Gasteiger partial charge in [-0.3, -0.25) is 4.79 Å². The molecule has 150 valence electrons. The second kappa shape index (κ2) is 8.80. The highest BCUT2D eigenvalue weighted by Gasteiger charge is 2.17. The predicted molar refractivity (Wildman–Crippen MR) is 117 cm³/mol. The van der Waals surface area contributed by atoms with Crippen molar-refractivity contribution in [2.24, 2.45) is 0 Å². The van der Waals surface area contributed by atoms with E-state index < -0.39 is 5.97 Å². The van der Waals surface area contributed by atoms with Crippen LogP contribution in [0.4, 0.5) is 0 Å². The zero-order valence-electron chi connectivity index (χ0n) is 16.2. The van der Waals surface area contributed by atoms with E-state index in [-0.39, 0.29) is 6.42 Å². The molecule has 1 N–H and O–H groups in total. The Hall–Kier alpha value is -3.64. The number of aromatic nitrogens is 1. The van der Waals surface area contributed by atoms with Gasteiger partial charge < -0.3 is 14.6 Å². The molecule has 6 heteroatoms. The standard InChI is InChI=1S/C24H19NO4S/c1-28-18-11-9-17(10-12-18)24-25-23(21(30-24)15-22(26)27)16-7-13-20(14-8-16)29-19-5-3-2-4-6-19/h2-14H,15H2,1H3,(H,26,27). The highest BCUT2D eigenvalue weighted by molar-refractivity contribution is 7.15. The molecule has 3 aromatic carbocycles. The molecule has 5 nitrogen and oxygen atoms in total. The van der Waals surface area contributed by atoms with Gasteiger partial charge in [0.2, 0.25) is 0 Å². The molecule has 30 heavy (non-hydrogen) atoms. The number of nitrogens with zero attached hydrogens (tertiary/aromatic N) is 1. The maximum absolute atomic E-state index is 11.4. The first-order valence-corrected chi connectivity index (χ1v) is 10.1. The number of ether oxygens (including phenoxy) is 2. The normalized spacial score (nSPS) is 10.6. The van der Waals surface area contributed by atoms with Gasteiger partial charge in [0.15, 0.2) is 0 Å². The molecule has 0 aliphatic carbocycles. The lowest BCUT2D eigenvalue weighted by atomic mass is 10.1. The van der Waals surface area contributed by atoms with Gasteiger partial charge in [-0.1, -0.05) is 18.2 Å². The quantitative estimate of drug-likeness (QED) is 0.405. The molecule has 4 aromatic rings. The van der Waals surface area contributed by atoms with Crippen molar-refractivity contribution >= 4 is 17.3 Å². The summed E-state index contributed by atoms with van der Waals surface area (Å²) < 4.78 is 11.0. The topological polar surface area (TPSA) is 68.7 Å². The van der Waals surface area contributed by atoms with Crippen LogP contribution in [0.15, 0.2) is 78.9 Å². The Morgan fingerprint density at radius 2 is 1.47 bits per heavy atom. The number of methoxy groups -OCH3 is 1. The van der Waals surface area contributed by atoms with Gasteiger partial charge >= 0.3 is 5.97 Å². The van der Waals surface area contributed by atoms with Crippen LogP contribution in [-0.4, -0.2) is 23.2 Å². The summed E-state index contributed by atoms with van der Waals surface area (Å²) in [5, 5.41) is 10.1. The summed E-state index contributed by atoms with van der Waals surface area (Å²) in [6.07, 6.45) is -0.0780. The first-order valence-electron chi connectivity index (χ1n) is 9.31. The van der Waals surface area contributed by atoms with Crippen molar-refractivity contribution in [3.05, 3.63) is 83.7 Å². The van der Waals surface area contributed by atoms with E-state index in [1.807, 2.05) is 78.9 Å². The second-order valence-corrected chi connectivity index (χ2v) is 7.61. The van der Waals surface area contributed by atoms with Crippen molar-refractivity contribution in [3.8, 4) is 39.1 Å². The number of benzene rings is 3. The lowest BCUT2D eigenvalue weighted by Gasteiger charge is -2.06. The molecule has 0 aliphatic rings. The van der Waals surface area contributed by atoms with Crippen molar-refractivity contribution in [3.63, 3.8) is 0 Å². The molecule has 0 radical (unpaired) electrons. The average Bonchev–Trinajstić information content (AvgIpc) is 3.18. The average molecular weight is 417 g/mol. The van der Waals surface area contributed by atoms with Crippen LogP contribution < -0.4 is 9.47 Å². The van der Waals surface area contributed by atoms with Crippen LogP contribution in [0.25, 0.3) is 21.8 Å². The third-order valence-corrected chi connectivity index (χ3v) is 5.56. The van der Waals surface area contributed by atoms with Gasteiger partial charge in [-0.25, -0.2) is 4.98 Å². The fourth-order valence-electron chi connectivity index (χ4n) is 3.00. The van der Waals surface area contributed by atoms with Crippen molar-refractivity contribution in [2.45, 2.75) is 6.42 Å². The van der Waals surface area contributed by atoms with E-state index in [1.54, 1.807) is 7.11 Å². The molecule has 0 fully saturated rings. The van der Waals surface area contributed by atoms with Gasteiger partial charge in [0.05, 0.1) is 19.2 Å². The smallest absolute Gasteiger partial charge is 0.308 e. The Balaban J connectivity index is 1.64. The maximum atomic E-state index is 11.4. The minimum Gasteiger partial charge on any atom is -0.497 e. The fourth-order valence-corrected chi connectivity index (χ4v) is 4.08. The number of hydrogen-bond acceptors (Lipinski definition) is 5. The first kappa shape index (κ1) is 19.7. The maximum Gasteiger partial charge on any atom is 0.308 e. The molecule has 0 saturated carbocycles. The highest BCUT2D eigenvalue weighted by Crippen LogP contribution is 2.35. The number of para-hydroxylation sites is 1. The van der Waals surface area contributed by atoms with E-state index in [1.165, 1.54) is 11.3 Å². The van der Waals surface area contributed by atoms with Crippen molar-refractivity contribution in [1.29, 1.82) is 0 Å². The van der Waals surface area contributed by atoms with Crippen LogP contribution in [0.2, 0.25) is 0 Å². The van der Waals surface area contributed by atoms with Gasteiger partial charge in [0.25, 0.3) is 0 Å². The summed E-state index contributed by atoms with van der Waals surface area (Å²) in [5.41, 5.74) is 2.45. The minimum atomic E-state index is -0.884. The third kappa shape index (κ3) is 4.50. The molecular weight excluding hydrogens is 398 g/mol. The predicted octanol–water partition coefficient (Wildman–Crippen LogP) is 5.91. The Bertz CT molecular complexity index is 1140. The van der Waals surface area contributed by atoms with E-state index in [4.69, 9.17) is 14.5 Å². The molecule has 4 rings (SSSR count). The zero-order valence-corrected chi connectivity index (χ0v) is 17.1. The number of rotatable bonds is 7. The van der Waals surface area contributed by atoms with Crippen LogP contribution in [0.3, 0.4) is 0 Å². The molecule has 0 aliphatic heterocycles. The van der Waals surface area contributed by atoms with Crippen molar-refractivity contribution in [1.82, 2.24) is 4.98 Å². The lowest BCUT2D eigenvalue weighted by Crippen LogP contribution is -1.99. The Morgan fingerprint density at radius 1 is 0.867 bits per heavy atom. The van der Waals surface area contributed by atoms with Gasteiger partial charge in [-0.05, 0) is 60.7 Å². The van der Waals surface area contributed by atoms with E-state index in [2.05, 4.69) is 0 Å². The summed E-state index contributed by atoms with van der Waals surface area (Å²) in [7, 11) is 1.62. The summed E-state index contributed by atoms with van der Waals surface area (Å²) in [6, 6.07) is 24.6. The van der Waals surface area contributed by atoms with Crippen LogP contribution in [0, 0.1) is 0 Å². The summed E-state index contributed by atoms with van der Waals surface area (Å²) in [5.74, 6) is 1.34. The van der Waals surface area contributed by atoms with E-state index >= 15 is 0 Å². The zero-order chi connectivity index (χ0) is 20.9. The largest absolute Gasteiger partial charge is 0.497 e. The fraction of sp³-hybridized carbons (Fsp3) is 0.0833. The molecule has 1 aromatic heterocycles. The van der Waals surface area contributed by atoms with Crippen molar-refractivity contribution in [2.75, 3.05) is 7.11 Å². The van der Waals surface area contributed by atoms with Crippen molar-refractivity contribution < 1.29 is 19.4 Å². The Morgan fingerprint density at radius 3 is 2.10 bits per heavy atom. The summed E-state index contributed by atoms with van der Waals surface area (Å²) in [6.45, 7) is 0. The van der Waals surface area contributed by atoms with Crippen LogP contribution in [0.5, 0.6) is 17.2 Å². The van der Waals surface area contributed by atoms with Gasteiger partial charge in [-0.15, -0.1) is 11.3 Å². The number of aliphatic carboxylic acids is 1. The number of thiazole rings is 1. The number of carboxylic acid groups (broad SMARTS) is 1. The van der Waals surface area contributed by atoms with Gasteiger partial charge in [0, 0.05) is 16.0 Å². The van der Waals surface area contributed by atoms with E-state index in [0.29, 0.717) is 16.3 Å². The third-order valence-electron chi connectivity index (χ3n) is 4.45. The molecule has 0 bridgehead atoms. The van der Waals surface area contributed by atoms with E-state index in [9.17, 15) is 9.90 Å². The SMILES string of the molecule is COc1ccc(-c2nc(-c3ccc(Oc4ccccc4)cc3)c(CC(=O)O)s2)cc1. The second-order valence-electron chi connectivity index (χ2n) is 6.53. The molecule has 0 spiro atoms. The van der Waals surface area contributed by atoms with E-state index in [0.717, 1.165) is 27.6 Å².